The van der Waals surface area contributed by atoms with Crippen molar-refractivity contribution in [1.82, 2.24) is 19.8 Å². The number of pyridine rings is 2. The molecule has 2 N–H and O–H groups in total. The molecule has 3 aromatic rings. The van der Waals surface area contributed by atoms with Gasteiger partial charge in [-0.15, -0.1) is 0 Å². The van der Waals surface area contributed by atoms with Crippen LogP contribution in [0.4, 0.5) is 24.5 Å². The molecule has 206 valence electrons. The first kappa shape index (κ1) is 26.9. The van der Waals surface area contributed by atoms with Crippen molar-refractivity contribution in [3.63, 3.8) is 0 Å². The van der Waals surface area contributed by atoms with Gasteiger partial charge in [-0.2, -0.15) is 0 Å². The van der Waals surface area contributed by atoms with Crippen molar-refractivity contribution in [3.8, 4) is 0 Å². The second kappa shape index (κ2) is 11.6. The molecule has 7 nitrogen and oxygen atoms in total. The van der Waals surface area contributed by atoms with Gasteiger partial charge >= 0.3 is 0 Å². The smallest absolute Gasteiger partial charge is 0.260 e. The first-order valence-electron chi connectivity index (χ1n) is 13.3. The fraction of sp³-hybridized carbons (Fsp3) is 0.414. The van der Waals surface area contributed by atoms with Crippen LogP contribution < -0.4 is 10.6 Å². The zero-order valence-electron chi connectivity index (χ0n) is 21.8. The molecule has 0 saturated carbocycles. The van der Waals surface area contributed by atoms with Crippen LogP contribution in [0.15, 0.2) is 61.1 Å². The molecule has 1 aromatic carbocycles. The molecule has 5 rings (SSSR count). The van der Waals surface area contributed by atoms with Crippen LogP contribution in [0.2, 0.25) is 0 Å². The van der Waals surface area contributed by atoms with Crippen molar-refractivity contribution >= 4 is 17.3 Å². The Balaban J connectivity index is 1.23. The third kappa shape index (κ3) is 6.16. The van der Waals surface area contributed by atoms with Crippen molar-refractivity contribution < 1.29 is 18.0 Å². The fourth-order valence-corrected chi connectivity index (χ4v) is 5.57. The predicted octanol–water partition coefficient (Wildman–Crippen LogP) is 4.34. The van der Waals surface area contributed by atoms with Crippen LogP contribution in [0.3, 0.4) is 0 Å². The number of alkyl halides is 1. The average Bonchev–Trinajstić information content (AvgIpc) is 2.96. The Kier molecular flexibility index (Phi) is 8.02. The number of carbonyl (C=O) groups is 1. The van der Waals surface area contributed by atoms with E-state index in [1.54, 1.807) is 29.6 Å². The van der Waals surface area contributed by atoms with E-state index in [0.29, 0.717) is 57.8 Å². The summed E-state index contributed by atoms with van der Waals surface area (Å²) in [4.78, 5) is 27.4. The second-order valence-electron chi connectivity index (χ2n) is 10.4. The van der Waals surface area contributed by atoms with E-state index >= 15 is 4.39 Å². The lowest BCUT2D eigenvalue weighted by Gasteiger charge is -2.43. The Bertz CT molecular complexity index is 1260. The number of nitrogens with zero attached hydrogens (tertiary/aromatic N) is 5. The zero-order chi connectivity index (χ0) is 27.4. The van der Waals surface area contributed by atoms with E-state index in [0.717, 1.165) is 23.4 Å². The highest BCUT2D eigenvalue weighted by Gasteiger charge is 2.45. The number of hydrogen-bond donors (Lipinski definition) is 1. The first-order valence-corrected chi connectivity index (χ1v) is 13.3. The van der Waals surface area contributed by atoms with E-state index in [1.165, 1.54) is 0 Å². The summed E-state index contributed by atoms with van der Waals surface area (Å²) >= 11 is 0. The monoisotopic (exact) mass is 538 g/mol. The molecule has 0 unspecified atom stereocenters. The molecule has 0 radical (unpaired) electrons. The molecule has 39 heavy (non-hydrogen) atoms. The average molecular weight is 539 g/mol. The summed E-state index contributed by atoms with van der Waals surface area (Å²) in [6.45, 7) is 2.81. The molecule has 0 bridgehead atoms. The third-order valence-corrected chi connectivity index (χ3v) is 7.82. The number of anilines is 2. The van der Waals surface area contributed by atoms with Crippen molar-refractivity contribution in [2.24, 2.45) is 0 Å². The van der Waals surface area contributed by atoms with Gasteiger partial charge in [-0.05, 0) is 42.7 Å². The van der Waals surface area contributed by atoms with Crippen molar-refractivity contribution in [2.45, 2.75) is 50.5 Å². The molecule has 2 fully saturated rings. The lowest BCUT2D eigenvalue weighted by atomic mass is 9.90. The number of nitrogen functional groups attached to an aromatic ring is 1. The van der Waals surface area contributed by atoms with Crippen LogP contribution in [0.1, 0.15) is 36.9 Å². The molecule has 0 atom stereocenters. The summed E-state index contributed by atoms with van der Waals surface area (Å²) in [5.41, 5.74) is 6.61. The largest absolute Gasteiger partial charge is 0.397 e. The van der Waals surface area contributed by atoms with Gasteiger partial charge in [0.05, 0.1) is 23.6 Å². The quantitative estimate of drug-likeness (QED) is 0.451. The van der Waals surface area contributed by atoms with Crippen LogP contribution in [0.25, 0.3) is 0 Å². The summed E-state index contributed by atoms with van der Waals surface area (Å²) in [5, 5.41) is 0. The van der Waals surface area contributed by atoms with E-state index in [-0.39, 0.29) is 24.6 Å². The van der Waals surface area contributed by atoms with Crippen LogP contribution in [0, 0.1) is 11.6 Å². The predicted molar refractivity (Wildman–Crippen MR) is 143 cm³/mol. The van der Waals surface area contributed by atoms with Crippen molar-refractivity contribution in [2.75, 3.05) is 36.8 Å². The highest BCUT2D eigenvalue weighted by Crippen LogP contribution is 2.34. The maximum atomic E-state index is 15.9. The van der Waals surface area contributed by atoms with E-state index in [2.05, 4.69) is 14.9 Å². The van der Waals surface area contributed by atoms with Gasteiger partial charge in [0.25, 0.3) is 5.91 Å². The number of piperidine rings is 2. The fourth-order valence-electron chi connectivity index (χ4n) is 5.57. The number of halogens is 3. The van der Waals surface area contributed by atoms with Gasteiger partial charge in [-0.3, -0.25) is 19.7 Å². The van der Waals surface area contributed by atoms with Crippen LogP contribution >= 0.6 is 0 Å². The van der Waals surface area contributed by atoms with E-state index < -0.39 is 23.2 Å². The number of nitrogens with two attached hydrogens (primary N) is 1. The minimum atomic E-state index is -1.88. The van der Waals surface area contributed by atoms with Gasteiger partial charge in [0.2, 0.25) is 0 Å². The number of amides is 1. The van der Waals surface area contributed by atoms with E-state index in [1.807, 2.05) is 29.2 Å². The number of likely N-dealkylation sites (tertiary alicyclic amines) is 2. The van der Waals surface area contributed by atoms with Gasteiger partial charge in [0.1, 0.15) is 0 Å². The van der Waals surface area contributed by atoms with Crippen LogP contribution in [-0.2, 0) is 17.9 Å². The van der Waals surface area contributed by atoms with Gasteiger partial charge < -0.3 is 15.5 Å². The number of hydrogen-bond acceptors (Lipinski definition) is 6. The minimum absolute atomic E-state index is 0.110. The molecular weight excluding hydrogens is 505 g/mol. The number of carbonyl (C=O) groups excluding carboxylic acids is 1. The normalized spacial score (nSPS) is 18.2. The summed E-state index contributed by atoms with van der Waals surface area (Å²) in [6.07, 6.45) is 6.56. The molecule has 0 aliphatic carbocycles. The zero-order valence-corrected chi connectivity index (χ0v) is 21.8. The Morgan fingerprint density at radius 2 is 1.69 bits per heavy atom. The number of aromatic nitrogens is 2. The Labute approximate surface area is 226 Å². The summed E-state index contributed by atoms with van der Waals surface area (Å²) in [6, 6.07) is 11.4. The van der Waals surface area contributed by atoms with Crippen molar-refractivity contribution in [1.29, 1.82) is 0 Å². The summed E-state index contributed by atoms with van der Waals surface area (Å²) < 4.78 is 43.9. The van der Waals surface area contributed by atoms with Crippen LogP contribution in [-0.4, -0.2) is 63.6 Å². The van der Waals surface area contributed by atoms with Gasteiger partial charge in [-0.25, -0.2) is 13.2 Å². The van der Waals surface area contributed by atoms with Gasteiger partial charge in [-0.1, -0.05) is 6.07 Å². The highest BCUT2D eigenvalue weighted by atomic mass is 19.2. The lowest BCUT2D eigenvalue weighted by molar-refractivity contribution is -0.148. The van der Waals surface area contributed by atoms with E-state index in [9.17, 15) is 13.6 Å². The molecule has 10 heteroatoms. The highest BCUT2D eigenvalue weighted by molar-refractivity contribution is 5.85. The number of benzene rings is 1. The number of rotatable bonds is 7. The lowest BCUT2D eigenvalue weighted by Crippen LogP contribution is -2.55. The summed E-state index contributed by atoms with van der Waals surface area (Å²) in [7, 11) is 0. The third-order valence-electron chi connectivity index (χ3n) is 7.82. The molecule has 1 amide bonds. The van der Waals surface area contributed by atoms with Gasteiger partial charge in [0, 0.05) is 82.3 Å². The molecule has 4 heterocycles. The SMILES string of the molecule is Nc1cc(F)c(F)cc1N(Cc1ccccn1)C1CCN(C(=O)C2(F)CCN(Cc3ccncc3)CC2)CC1. The Morgan fingerprint density at radius 1 is 1.00 bits per heavy atom. The molecule has 2 aromatic heterocycles. The maximum Gasteiger partial charge on any atom is 0.260 e. The molecule has 2 aliphatic heterocycles. The van der Waals surface area contributed by atoms with Crippen molar-refractivity contribution in [3.05, 3.63) is 83.9 Å². The van der Waals surface area contributed by atoms with Crippen LogP contribution in [0.5, 0.6) is 0 Å². The molecule has 0 spiro atoms. The standard InChI is InChI=1S/C29H33F3N6O/c30-24-17-26(33)27(18-25(24)31)38(20-22-3-1-2-10-35-22)23-6-13-37(14-7-23)28(39)29(32)8-15-36(16-9-29)19-21-4-11-34-12-5-21/h1-5,10-12,17-18,23H,6-9,13-16,19-20,33H2. The second-order valence-corrected chi connectivity index (χ2v) is 10.4. The first-order chi connectivity index (χ1) is 18.8. The summed E-state index contributed by atoms with van der Waals surface area (Å²) in [5.74, 6) is -2.44. The molecule has 2 saturated heterocycles. The van der Waals surface area contributed by atoms with Gasteiger partial charge in [0.15, 0.2) is 17.3 Å². The maximum absolute atomic E-state index is 15.9. The Hall–Kier alpha value is -3.66. The Morgan fingerprint density at radius 3 is 2.36 bits per heavy atom. The molecule has 2 aliphatic rings. The minimum Gasteiger partial charge on any atom is -0.397 e. The topological polar surface area (TPSA) is 78.6 Å². The van der Waals surface area contributed by atoms with E-state index in [4.69, 9.17) is 5.73 Å². The molecular formula is C29H33F3N6O.